The van der Waals surface area contributed by atoms with Crippen molar-refractivity contribution >= 4 is 5.52 Å². The molecule has 0 saturated heterocycles. The van der Waals surface area contributed by atoms with Gasteiger partial charge in [-0.25, -0.2) is 14.5 Å². The fourth-order valence-electron chi connectivity index (χ4n) is 2.34. The molecule has 4 aromatic rings. The highest BCUT2D eigenvalue weighted by atomic mass is 19.1. The van der Waals surface area contributed by atoms with Crippen molar-refractivity contribution in [2.45, 2.75) is 0 Å². The summed E-state index contributed by atoms with van der Waals surface area (Å²) in [5.74, 6) is -0.579. The summed E-state index contributed by atoms with van der Waals surface area (Å²) in [5, 5.41) is 20.1. The van der Waals surface area contributed by atoms with Crippen molar-refractivity contribution in [3.8, 4) is 28.6 Å². The third-order valence-corrected chi connectivity index (χ3v) is 3.41. The van der Waals surface area contributed by atoms with Crippen molar-refractivity contribution < 1.29 is 4.39 Å². The second-order valence-electron chi connectivity index (χ2n) is 4.79. The minimum Gasteiger partial charge on any atom is -0.285 e. The summed E-state index contributed by atoms with van der Waals surface area (Å²) in [6, 6.07) is 4.91. The molecular formula is C15H8FN7. The first-order chi connectivity index (χ1) is 11.3. The Balaban J connectivity index is 2.04. The van der Waals surface area contributed by atoms with Gasteiger partial charge in [0.15, 0.2) is 0 Å². The molecule has 110 valence electrons. The molecule has 0 amide bonds. The third-order valence-electron chi connectivity index (χ3n) is 3.41. The largest absolute Gasteiger partial charge is 0.285 e. The maximum absolute atomic E-state index is 13.1. The maximum Gasteiger partial charge on any atom is 0.212 e. The van der Waals surface area contributed by atoms with E-state index >= 15 is 0 Å². The molecular weight excluding hydrogens is 297 g/mol. The second-order valence-corrected chi connectivity index (χ2v) is 4.79. The van der Waals surface area contributed by atoms with Crippen molar-refractivity contribution in [1.82, 2.24) is 29.8 Å². The van der Waals surface area contributed by atoms with Crippen LogP contribution in [0.3, 0.4) is 0 Å². The maximum atomic E-state index is 13.1. The van der Waals surface area contributed by atoms with Gasteiger partial charge in [0.05, 0.1) is 30.0 Å². The zero-order valence-corrected chi connectivity index (χ0v) is 11.6. The lowest BCUT2D eigenvalue weighted by Gasteiger charge is -2.07. The van der Waals surface area contributed by atoms with E-state index in [9.17, 15) is 9.65 Å². The Hall–Kier alpha value is -3.60. The van der Waals surface area contributed by atoms with Crippen molar-refractivity contribution in [1.29, 1.82) is 5.26 Å². The van der Waals surface area contributed by atoms with E-state index in [1.54, 1.807) is 29.2 Å². The van der Waals surface area contributed by atoms with E-state index in [0.29, 0.717) is 28.0 Å². The van der Waals surface area contributed by atoms with E-state index < -0.39 is 5.95 Å². The lowest BCUT2D eigenvalue weighted by atomic mass is 10.1. The molecule has 8 heteroatoms. The zero-order valence-electron chi connectivity index (χ0n) is 11.6. The summed E-state index contributed by atoms with van der Waals surface area (Å²) < 4.78 is 14.7. The van der Waals surface area contributed by atoms with Gasteiger partial charge < -0.3 is 0 Å². The lowest BCUT2D eigenvalue weighted by molar-refractivity contribution is 0.584. The Morgan fingerprint density at radius 3 is 2.78 bits per heavy atom. The predicted molar refractivity (Wildman–Crippen MR) is 78.5 cm³/mol. The fourth-order valence-corrected chi connectivity index (χ4v) is 2.34. The van der Waals surface area contributed by atoms with Gasteiger partial charge in [0.25, 0.3) is 0 Å². The Bertz CT molecular complexity index is 1030. The molecule has 0 spiro atoms. The van der Waals surface area contributed by atoms with Crippen molar-refractivity contribution in [2.24, 2.45) is 0 Å². The lowest BCUT2D eigenvalue weighted by Crippen LogP contribution is -1.97. The minimum absolute atomic E-state index is 0.385. The van der Waals surface area contributed by atoms with Gasteiger partial charge in [0.2, 0.25) is 5.95 Å². The number of rotatable bonds is 2. The molecule has 0 saturated carbocycles. The van der Waals surface area contributed by atoms with E-state index in [1.807, 2.05) is 0 Å². The number of fused-ring (bicyclic) bond motifs is 1. The average molecular weight is 305 g/mol. The van der Waals surface area contributed by atoms with Gasteiger partial charge in [0.1, 0.15) is 17.1 Å². The number of nitriles is 1. The molecule has 7 nitrogen and oxygen atoms in total. The molecule has 4 aromatic heterocycles. The van der Waals surface area contributed by atoms with Crippen LogP contribution in [0.1, 0.15) is 5.56 Å². The molecule has 23 heavy (non-hydrogen) atoms. The normalized spacial score (nSPS) is 10.8. The van der Waals surface area contributed by atoms with Crippen LogP contribution in [0.4, 0.5) is 4.39 Å². The Morgan fingerprint density at radius 1 is 1.17 bits per heavy atom. The van der Waals surface area contributed by atoms with Crippen LogP contribution in [-0.2, 0) is 0 Å². The minimum atomic E-state index is -0.579. The summed E-state index contributed by atoms with van der Waals surface area (Å²) in [7, 11) is 0. The van der Waals surface area contributed by atoms with Crippen LogP contribution in [0.2, 0.25) is 0 Å². The van der Waals surface area contributed by atoms with Crippen molar-refractivity contribution in [2.75, 3.05) is 0 Å². The Kier molecular flexibility index (Phi) is 2.84. The van der Waals surface area contributed by atoms with E-state index in [0.717, 1.165) is 5.56 Å². The van der Waals surface area contributed by atoms with Crippen LogP contribution in [0.15, 0.2) is 43.1 Å². The second kappa shape index (κ2) is 4.99. The monoisotopic (exact) mass is 305 g/mol. The number of halogens is 1. The molecule has 0 bridgehead atoms. The SMILES string of the molecule is N#Cc1cnn2cc(-c3cn[nH]c3)nc(-c3ccc(F)nc3)c12. The van der Waals surface area contributed by atoms with Crippen molar-refractivity contribution in [3.63, 3.8) is 0 Å². The summed E-state index contributed by atoms with van der Waals surface area (Å²) >= 11 is 0. The molecule has 0 radical (unpaired) electrons. The summed E-state index contributed by atoms with van der Waals surface area (Å²) in [6.45, 7) is 0. The first-order valence-corrected chi connectivity index (χ1v) is 6.66. The smallest absolute Gasteiger partial charge is 0.212 e. The van der Waals surface area contributed by atoms with Crippen LogP contribution in [0, 0.1) is 17.3 Å². The summed E-state index contributed by atoms with van der Waals surface area (Å²) in [5.41, 5.74) is 3.43. The average Bonchev–Trinajstić information content (AvgIpc) is 3.24. The predicted octanol–water partition coefficient (Wildman–Crippen LogP) is 2.19. The molecule has 1 N–H and O–H groups in total. The molecule has 4 rings (SSSR count). The van der Waals surface area contributed by atoms with E-state index in [2.05, 4.69) is 31.3 Å². The third kappa shape index (κ3) is 2.11. The zero-order chi connectivity index (χ0) is 15.8. The van der Waals surface area contributed by atoms with Gasteiger partial charge in [-0.05, 0) is 12.1 Å². The van der Waals surface area contributed by atoms with Crippen LogP contribution >= 0.6 is 0 Å². The van der Waals surface area contributed by atoms with Crippen LogP contribution < -0.4 is 0 Å². The first-order valence-electron chi connectivity index (χ1n) is 6.66. The Morgan fingerprint density at radius 2 is 2.09 bits per heavy atom. The van der Waals surface area contributed by atoms with Gasteiger partial charge in [-0.3, -0.25) is 5.10 Å². The number of H-pyrrole nitrogens is 1. The first kappa shape index (κ1) is 13.1. The molecule has 0 atom stereocenters. The van der Waals surface area contributed by atoms with Crippen LogP contribution in [0.25, 0.3) is 28.0 Å². The number of hydrogen-bond acceptors (Lipinski definition) is 5. The number of aromatic amines is 1. The van der Waals surface area contributed by atoms with Gasteiger partial charge >= 0.3 is 0 Å². The van der Waals surface area contributed by atoms with Gasteiger partial charge in [-0.1, -0.05) is 0 Å². The molecule has 0 unspecified atom stereocenters. The quantitative estimate of drug-likeness (QED) is 0.573. The van der Waals surface area contributed by atoms with Crippen molar-refractivity contribution in [3.05, 3.63) is 54.6 Å². The fraction of sp³-hybridized carbons (Fsp3) is 0. The molecule has 0 aromatic carbocycles. The van der Waals surface area contributed by atoms with Crippen LogP contribution in [-0.4, -0.2) is 29.8 Å². The van der Waals surface area contributed by atoms with Gasteiger partial charge in [-0.2, -0.15) is 19.8 Å². The van der Waals surface area contributed by atoms with Gasteiger partial charge in [-0.15, -0.1) is 0 Å². The highest BCUT2D eigenvalue weighted by Crippen LogP contribution is 2.28. The summed E-state index contributed by atoms with van der Waals surface area (Å²) in [6.07, 6.45) is 7.90. The summed E-state index contributed by atoms with van der Waals surface area (Å²) in [4.78, 5) is 8.25. The van der Waals surface area contributed by atoms with Gasteiger partial charge in [0, 0.05) is 23.5 Å². The topological polar surface area (TPSA) is 95.6 Å². The van der Waals surface area contributed by atoms with Crippen LogP contribution in [0.5, 0.6) is 0 Å². The molecule has 4 heterocycles. The molecule has 0 fully saturated rings. The number of aromatic nitrogens is 6. The highest BCUT2D eigenvalue weighted by Gasteiger charge is 2.15. The molecule has 0 aliphatic rings. The molecule has 0 aliphatic carbocycles. The number of hydrogen-bond donors (Lipinski definition) is 1. The number of nitrogens with zero attached hydrogens (tertiary/aromatic N) is 6. The van der Waals surface area contributed by atoms with E-state index in [-0.39, 0.29) is 0 Å². The standard InChI is InChI=1S/C15H8FN7/c16-13-2-1-9(4-18-13)14-15-10(3-17)7-21-23(15)8-12(22-14)11-5-19-20-6-11/h1-2,4-8H,(H,19,20). The van der Waals surface area contributed by atoms with E-state index in [1.165, 1.54) is 18.5 Å². The number of pyridine rings is 1. The van der Waals surface area contributed by atoms with E-state index in [4.69, 9.17) is 0 Å². The number of nitrogens with one attached hydrogen (secondary N) is 1. The molecule has 0 aliphatic heterocycles. The highest BCUT2D eigenvalue weighted by molar-refractivity contribution is 5.82. The Labute approximate surface area is 129 Å².